The highest BCUT2D eigenvalue weighted by atomic mass is 16.2. The minimum atomic E-state index is 0.0574. The van der Waals surface area contributed by atoms with Gasteiger partial charge < -0.3 is 10.2 Å². The summed E-state index contributed by atoms with van der Waals surface area (Å²) < 4.78 is 0. The number of rotatable bonds is 4. The van der Waals surface area contributed by atoms with Crippen LogP contribution in [0.2, 0.25) is 0 Å². The summed E-state index contributed by atoms with van der Waals surface area (Å²) in [6.07, 6.45) is 1.07. The Kier molecular flexibility index (Phi) is 4.59. The summed E-state index contributed by atoms with van der Waals surface area (Å²) in [6.45, 7) is 5.77. The van der Waals surface area contributed by atoms with E-state index in [9.17, 15) is 4.79 Å². The van der Waals surface area contributed by atoms with Gasteiger partial charge in [-0.2, -0.15) is 0 Å². The van der Waals surface area contributed by atoms with Crippen LogP contribution in [0.4, 0.5) is 0 Å². The SMILES string of the molecule is CNCC(C)C(=O)N1CC(c2ccccc2)CC1C. The Balaban J connectivity index is 2.03. The van der Waals surface area contributed by atoms with Crippen molar-refractivity contribution in [1.82, 2.24) is 10.2 Å². The van der Waals surface area contributed by atoms with E-state index in [1.165, 1.54) is 5.56 Å². The summed E-state index contributed by atoms with van der Waals surface area (Å²) in [7, 11) is 1.89. The summed E-state index contributed by atoms with van der Waals surface area (Å²) in [6, 6.07) is 10.9. The fourth-order valence-electron chi connectivity index (χ4n) is 2.98. The molecule has 3 atom stereocenters. The van der Waals surface area contributed by atoms with E-state index in [2.05, 4.69) is 41.4 Å². The Morgan fingerprint density at radius 2 is 2.11 bits per heavy atom. The van der Waals surface area contributed by atoms with Crippen molar-refractivity contribution < 1.29 is 4.79 Å². The molecule has 1 fully saturated rings. The van der Waals surface area contributed by atoms with Gasteiger partial charge in [-0.1, -0.05) is 37.3 Å². The lowest BCUT2D eigenvalue weighted by molar-refractivity contribution is -0.135. The second-order valence-corrected chi connectivity index (χ2v) is 5.64. The fourth-order valence-corrected chi connectivity index (χ4v) is 2.98. The minimum Gasteiger partial charge on any atom is -0.339 e. The van der Waals surface area contributed by atoms with Crippen molar-refractivity contribution in [3.63, 3.8) is 0 Å². The van der Waals surface area contributed by atoms with E-state index >= 15 is 0 Å². The van der Waals surface area contributed by atoms with E-state index in [0.29, 0.717) is 12.0 Å². The van der Waals surface area contributed by atoms with E-state index in [-0.39, 0.29) is 11.8 Å². The van der Waals surface area contributed by atoms with Crippen molar-refractivity contribution in [1.29, 1.82) is 0 Å². The van der Waals surface area contributed by atoms with E-state index in [0.717, 1.165) is 19.5 Å². The summed E-state index contributed by atoms with van der Waals surface area (Å²) in [5.74, 6) is 0.823. The molecule has 1 aromatic carbocycles. The Morgan fingerprint density at radius 1 is 1.42 bits per heavy atom. The van der Waals surface area contributed by atoms with Crippen LogP contribution in [0.1, 0.15) is 31.7 Å². The molecule has 2 rings (SSSR count). The molecule has 0 bridgehead atoms. The molecule has 1 aliphatic rings. The first-order valence-corrected chi connectivity index (χ1v) is 7.13. The molecule has 0 radical (unpaired) electrons. The van der Waals surface area contributed by atoms with Crippen LogP contribution in [0.25, 0.3) is 0 Å². The smallest absolute Gasteiger partial charge is 0.226 e. The molecule has 0 spiro atoms. The molecule has 19 heavy (non-hydrogen) atoms. The van der Waals surface area contributed by atoms with Gasteiger partial charge in [-0.05, 0) is 26.0 Å². The number of nitrogens with one attached hydrogen (secondary N) is 1. The standard InChI is InChI=1S/C16H24N2O/c1-12(10-17-3)16(19)18-11-15(9-13(18)2)14-7-5-4-6-8-14/h4-8,12-13,15,17H,9-11H2,1-3H3. The maximum atomic E-state index is 12.4. The van der Waals surface area contributed by atoms with Gasteiger partial charge in [0.2, 0.25) is 5.91 Å². The first-order chi connectivity index (χ1) is 9.13. The Labute approximate surface area is 116 Å². The number of carbonyl (C=O) groups excluding carboxylic acids is 1. The maximum absolute atomic E-state index is 12.4. The van der Waals surface area contributed by atoms with Gasteiger partial charge >= 0.3 is 0 Å². The van der Waals surface area contributed by atoms with Crippen molar-refractivity contribution in [2.75, 3.05) is 20.1 Å². The lowest BCUT2D eigenvalue weighted by atomic mass is 9.97. The van der Waals surface area contributed by atoms with Crippen molar-refractivity contribution in [3.05, 3.63) is 35.9 Å². The maximum Gasteiger partial charge on any atom is 0.226 e. The van der Waals surface area contributed by atoms with Crippen LogP contribution in [-0.2, 0) is 4.79 Å². The van der Waals surface area contributed by atoms with Crippen LogP contribution in [0.3, 0.4) is 0 Å². The summed E-state index contributed by atoms with van der Waals surface area (Å²) in [4.78, 5) is 14.5. The monoisotopic (exact) mass is 260 g/mol. The highest BCUT2D eigenvalue weighted by molar-refractivity contribution is 5.79. The van der Waals surface area contributed by atoms with Crippen molar-refractivity contribution in [2.24, 2.45) is 5.92 Å². The predicted octanol–water partition coefficient (Wildman–Crippen LogP) is 2.25. The lowest BCUT2D eigenvalue weighted by Crippen LogP contribution is -2.40. The van der Waals surface area contributed by atoms with Gasteiger partial charge in [-0.15, -0.1) is 0 Å². The van der Waals surface area contributed by atoms with Crippen LogP contribution >= 0.6 is 0 Å². The molecule has 3 unspecified atom stereocenters. The average Bonchev–Trinajstić information content (AvgIpc) is 2.81. The van der Waals surface area contributed by atoms with E-state index in [4.69, 9.17) is 0 Å². The topological polar surface area (TPSA) is 32.3 Å². The second-order valence-electron chi connectivity index (χ2n) is 5.64. The molecule has 1 N–H and O–H groups in total. The molecular weight excluding hydrogens is 236 g/mol. The molecule has 0 aliphatic carbocycles. The minimum absolute atomic E-state index is 0.0574. The summed E-state index contributed by atoms with van der Waals surface area (Å²) in [5, 5.41) is 3.08. The zero-order valence-corrected chi connectivity index (χ0v) is 12.1. The average molecular weight is 260 g/mol. The number of hydrogen-bond donors (Lipinski definition) is 1. The number of likely N-dealkylation sites (tertiary alicyclic amines) is 1. The van der Waals surface area contributed by atoms with Crippen LogP contribution in [-0.4, -0.2) is 37.0 Å². The van der Waals surface area contributed by atoms with Crippen LogP contribution in [0.15, 0.2) is 30.3 Å². The van der Waals surface area contributed by atoms with Crippen molar-refractivity contribution in [3.8, 4) is 0 Å². The zero-order valence-electron chi connectivity index (χ0n) is 12.1. The largest absolute Gasteiger partial charge is 0.339 e. The first kappa shape index (κ1) is 14.1. The van der Waals surface area contributed by atoms with Crippen LogP contribution in [0, 0.1) is 5.92 Å². The molecule has 1 aromatic rings. The van der Waals surface area contributed by atoms with Crippen molar-refractivity contribution >= 4 is 5.91 Å². The predicted molar refractivity (Wildman–Crippen MR) is 78.1 cm³/mol. The fraction of sp³-hybridized carbons (Fsp3) is 0.562. The molecule has 0 saturated carbocycles. The molecule has 104 valence electrons. The Hall–Kier alpha value is -1.35. The quantitative estimate of drug-likeness (QED) is 0.900. The summed E-state index contributed by atoms with van der Waals surface area (Å²) in [5.41, 5.74) is 1.35. The number of amides is 1. The third-order valence-electron chi connectivity index (χ3n) is 4.06. The van der Waals surface area contributed by atoms with Gasteiger partial charge in [0.15, 0.2) is 0 Å². The molecule has 3 heteroatoms. The molecule has 3 nitrogen and oxygen atoms in total. The van der Waals surface area contributed by atoms with Gasteiger partial charge in [-0.3, -0.25) is 4.79 Å². The Bertz CT molecular complexity index is 418. The van der Waals surface area contributed by atoms with Crippen LogP contribution < -0.4 is 5.32 Å². The van der Waals surface area contributed by atoms with Gasteiger partial charge in [0, 0.05) is 31.0 Å². The van der Waals surface area contributed by atoms with E-state index in [1.54, 1.807) is 0 Å². The third kappa shape index (κ3) is 3.16. The van der Waals surface area contributed by atoms with Gasteiger partial charge in [0.25, 0.3) is 0 Å². The van der Waals surface area contributed by atoms with Gasteiger partial charge in [0.05, 0.1) is 0 Å². The number of hydrogen-bond acceptors (Lipinski definition) is 2. The zero-order chi connectivity index (χ0) is 13.8. The lowest BCUT2D eigenvalue weighted by Gasteiger charge is -2.25. The third-order valence-corrected chi connectivity index (χ3v) is 4.06. The molecule has 1 amide bonds. The van der Waals surface area contributed by atoms with Gasteiger partial charge in [0.1, 0.15) is 0 Å². The summed E-state index contributed by atoms with van der Waals surface area (Å²) >= 11 is 0. The highest BCUT2D eigenvalue weighted by Gasteiger charge is 2.34. The molecular formula is C16H24N2O. The molecule has 1 heterocycles. The normalized spacial score (nSPS) is 24.5. The molecule has 1 aliphatic heterocycles. The van der Waals surface area contributed by atoms with Crippen LogP contribution in [0.5, 0.6) is 0 Å². The number of carbonyl (C=O) groups is 1. The van der Waals surface area contributed by atoms with Gasteiger partial charge in [-0.25, -0.2) is 0 Å². The first-order valence-electron chi connectivity index (χ1n) is 7.13. The molecule has 1 saturated heterocycles. The van der Waals surface area contributed by atoms with E-state index in [1.807, 2.05) is 20.0 Å². The van der Waals surface area contributed by atoms with Crippen molar-refractivity contribution in [2.45, 2.75) is 32.2 Å². The number of benzene rings is 1. The second kappa shape index (κ2) is 6.20. The highest BCUT2D eigenvalue weighted by Crippen LogP contribution is 2.32. The van der Waals surface area contributed by atoms with E-state index < -0.39 is 0 Å². The number of nitrogens with zero attached hydrogens (tertiary/aromatic N) is 1. The Morgan fingerprint density at radius 3 is 2.74 bits per heavy atom. The molecule has 0 aromatic heterocycles.